The molecule has 2 N–H and O–H groups in total. The Morgan fingerprint density at radius 1 is 1.48 bits per heavy atom. The maximum absolute atomic E-state index is 12.1. The van der Waals surface area contributed by atoms with Crippen molar-refractivity contribution in [1.82, 2.24) is 15.3 Å². The number of carboxylic acid groups (broad SMARTS) is 1. The fourth-order valence-electron chi connectivity index (χ4n) is 1.76. The van der Waals surface area contributed by atoms with E-state index in [4.69, 9.17) is 5.11 Å². The van der Waals surface area contributed by atoms with Crippen LogP contribution in [-0.4, -0.2) is 45.6 Å². The number of nitrogens with one attached hydrogen (secondary N) is 1. The molecule has 8 nitrogen and oxygen atoms in total. The molecule has 1 aliphatic rings. The van der Waals surface area contributed by atoms with Gasteiger partial charge in [-0.1, -0.05) is 0 Å². The van der Waals surface area contributed by atoms with Crippen molar-refractivity contribution in [2.75, 3.05) is 7.05 Å². The topological polar surface area (TPSA) is 112 Å². The molecule has 1 atom stereocenters. The Morgan fingerprint density at radius 3 is 2.76 bits per heavy atom. The lowest BCUT2D eigenvalue weighted by Gasteiger charge is -2.20. The number of rotatable bonds is 4. The molecule has 9 heteroatoms. The third kappa shape index (κ3) is 3.43. The van der Waals surface area contributed by atoms with E-state index >= 15 is 0 Å². The van der Waals surface area contributed by atoms with Gasteiger partial charge < -0.3 is 10.4 Å². The number of carboxylic acids is 1. The minimum Gasteiger partial charge on any atom is -0.477 e. The third-order valence-corrected chi connectivity index (χ3v) is 4.09. The molecule has 0 saturated carbocycles. The molecule has 0 aromatic carbocycles. The summed E-state index contributed by atoms with van der Waals surface area (Å²) in [5.74, 6) is -1.56. The van der Waals surface area contributed by atoms with Crippen molar-refractivity contribution in [3.8, 4) is 0 Å². The van der Waals surface area contributed by atoms with Crippen molar-refractivity contribution in [3.05, 3.63) is 16.1 Å². The maximum Gasteiger partial charge on any atom is 0.347 e. The van der Waals surface area contributed by atoms with Gasteiger partial charge in [-0.05, 0) is 6.92 Å². The highest BCUT2D eigenvalue weighted by Crippen LogP contribution is 2.20. The van der Waals surface area contributed by atoms with Gasteiger partial charge in [-0.3, -0.25) is 9.59 Å². The fraction of sp³-hybridized carbons (Fsp3) is 0.417. The van der Waals surface area contributed by atoms with Gasteiger partial charge in [-0.2, -0.15) is 5.10 Å². The van der Waals surface area contributed by atoms with Gasteiger partial charge >= 0.3 is 5.97 Å². The summed E-state index contributed by atoms with van der Waals surface area (Å²) in [4.78, 5) is 38.2. The number of nitrogens with zero attached hydrogens (tertiary/aromatic N) is 3. The summed E-state index contributed by atoms with van der Waals surface area (Å²) in [7, 11) is 1.50. The van der Waals surface area contributed by atoms with E-state index in [-0.39, 0.29) is 28.8 Å². The number of thiazole rings is 1. The lowest BCUT2D eigenvalue weighted by molar-refractivity contribution is -0.130. The van der Waals surface area contributed by atoms with Crippen LogP contribution >= 0.6 is 11.3 Å². The van der Waals surface area contributed by atoms with E-state index in [0.29, 0.717) is 11.4 Å². The summed E-state index contributed by atoms with van der Waals surface area (Å²) in [6.45, 7) is 1.71. The largest absolute Gasteiger partial charge is 0.477 e. The lowest BCUT2D eigenvalue weighted by atomic mass is 10.1. The fourth-order valence-corrected chi connectivity index (χ4v) is 2.52. The van der Waals surface area contributed by atoms with Crippen LogP contribution in [0.4, 0.5) is 0 Å². The maximum atomic E-state index is 12.1. The lowest BCUT2D eigenvalue weighted by Crippen LogP contribution is -2.38. The smallest absolute Gasteiger partial charge is 0.347 e. The van der Waals surface area contributed by atoms with Crippen LogP contribution in [0.1, 0.15) is 40.5 Å². The van der Waals surface area contributed by atoms with Gasteiger partial charge in [-0.25, -0.2) is 14.8 Å². The van der Waals surface area contributed by atoms with Gasteiger partial charge in [0.15, 0.2) is 0 Å². The number of carbonyl (C=O) groups is 3. The van der Waals surface area contributed by atoms with Crippen LogP contribution in [0.2, 0.25) is 0 Å². The van der Waals surface area contributed by atoms with Gasteiger partial charge in [-0.15, -0.1) is 11.3 Å². The van der Waals surface area contributed by atoms with Crippen molar-refractivity contribution in [2.24, 2.45) is 5.10 Å². The van der Waals surface area contributed by atoms with Gasteiger partial charge in [0.1, 0.15) is 15.6 Å². The summed E-state index contributed by atoms with van der Waals surface area (Å²) in [6, 6.07) is -0.429. The minimum absolute atomic E-state index is 0.117. The molecule has 0 radical (unpaired) electrons. The molecule has 1 aliphatic heterocycles. The molecule has 1 unspecified atom stereocenters. The van der Waals surface area contributed by atoms with E-state index in [1.807, 2.05) is 0 Å². The second-order valence-corrected chi connectivity index (χ2v) is 5.59. The van der Waals surface area contributed by atoms with Crippen molar-refractivity contribution in [2.45, 2.75) is 25.8 Å². The molecule has 0 bridgehead atoms. The van der Waals surface area contributed by atoms with Crippen molar-refractivity contribution >= 4 is 34.8 Å². The molecule has 1 aromatic heterocycles. The number of carbonyl (C=O) groups excluding carboxylic acids is 2. The Bertz CT molecular complexity index is 625. The quantitative estimate of drug-likeness (QED) is 0.847. The molecule has 112 valence electrons. The summed E-state index contributed by atoms with van der Waals surface area (Å²) in [6.07, 6.45) is 1.80. The average molecular weight is 310 g/mol. The van der Waals surface area contributed by atoms with E-state index in [1.165, 1.54) is 13.2 Å². The van der Waals surface area contributed by atoms with Crippen LogP contribution < -0.4 is 5.32 Å². The average Bonchev–Trinajstić information content (AvgIpc) is 2.91. The Labute approximate surface area is 124 Å². The Morgan fingerprint density at radius 2 is 2.19 bits per heavy atom. The van der Waals surface area contributed by atoms with Gasteiger partial charge in [0.2, 0.25) is 5.91 Å². The molecule has 0 fully saturated rings. The minimum atomic E-state index is -1.05. The molecule has 2 amide bonds. The van der Waals surface area contributed by atoms with E-state index in [0.717, 1.165) is 16.3 Å². The summed E-state index contributed by atoms with van der Waals surface area (Å²) in [5, 5.41) is 17.1. The van der Waals surface area contributed by atoms with Crippen LogP contribution in [0.3, 0.4) is 0 Å². The normalized spacial score (nSPS) is 16.4. The van der Waals surface area contributed by atoms with Crippen LogP contribution in [0.5, 0.6) is 0 Å². The predicted octanol–water partition coefficient (Wildman–Crippen LogP) is 0.627. The zero-order chi connectivity index (χ0) is 15.6. The van der Waals surface area contributed by atoms with Crippen molar-refractivity contribution in [3.63, 3.8) is 0 Å². The summed E-state index contributed by atoms with van der Waals surface area (Å²) >= 11 is 1.01. The van der Waals surface area contributed by atoms with Crippen molar-refractivity contribution < 1.29 is 19.5 Å². The first-order chi connectivity index (χ1) is 9.88. The molecule has 2 rings (SSSR count). The number of aromatic nitrogens is 1. The zero-order valence-corrected chi connectivity index (χ0v) is 12.3. The van der Waals surface area contributed by atoms with E-state index < -0.39 is 12.0 Å². The van der Waals surface area contributed by atoms with Crippen LogP contribution in [0, 0.1) is 0 Å². The van der Waals surface area contributed by atoms with Crippen LogP contribution in [-0.2, 0) is 9.59 Å². The highest BCUT2D eigenvalue weighted by atomic mass is 32.1. The molecule has 21 heavy (non-hydrogen) atoms. The second-order valence-electron chi connectivity index (χ2n) is 4.53. The first kappa shape index (κ1) is 15.1. The van der Waals surface area contributed by atoms with Crippen molar-refractivity contribution in [1.29, 1.82) is 0 Å². The standard InChI is InChI=1S/C12H14N4O4S/c1-6(11-13-5-8(21-11)12(19)20)14-10(18)7-3-4-9(17)16(2)15-7/h5-6H,3-4H2,1-2H3,(H,14,18)(H,19,20). The van der Waals surface area contributed by atoms with E-state index in [9.17, 15) is 14.4 Å². The predicted molar refractivity (Wildman–Crippen MR) is 75.1 cm³/mol. The van der Waals surface area contributed by atoms with Gasteiger partial charge in [0.05, 0.1) is 12.2 Å². The summed E-state index contributed by atoms with van der Waals surface area (Å²) < 4.78 is 0. The monoisotopic (exact) mass is 310 g/mol. The van der Waals surface area contributed by atoms with Crippen LogP contribution in [0.15, 0.2) is 11.3 Å². The van der Waals surface area contributed by atoms with Gasteiger partial charge in [0.25, 0.3) is 5.91 Å². The number of hydrogen-bond acceptors (Lipinski definition) is 6. The van der Waals surface area contributed by atoms with Gasteiger partial charge in [0, 0.05) is 19.9 Å². The molecule has 1 aromatic rings. The zero-order valence-electron chi connectivity index (χ0n) is 11.5. The number of hydrogen-bond donors (Lipinski definition) is 2. The Kier molecular flexibility index (Phi) is 4.32. The third-order valence-electron chi connectivity index (χ3n) is 2.92. The number of hydrazone groups is 1. The summed E-state index contributed by atoms with van der Waals surface area (Å²) in [5.41, 5.74) is 0.277. The Hall–Kier alpha value is -2.29. The molecule has 2 heterocycles. The molecule has 0 spiro atoms. The van der Waals surface area contributed by atoms with Crippen LogP contribution in [0.25, 0.3) is 0 Å². The number of amides is 2. The molecular formula is C12H14N4O4S. The van der Waals surface area contributed by atoms with E-state index in [2.05, 4.69) is 15.4 Å². The second kappa shape index (κ2) is 6.00. The molecule has 0 aliphatic carbocycles. The highest BCUT2D eigenvalue weighted by Gasteiger charge is 2.24. The first-order valence-electron chi connectivity index (χ1n) is 6.22. The molecular weight excluding hydrogens is 296 g/mol. The number of aromatic carboxylic acids is 1. The van der Waals surface area contributed by atoms with E-state index in [1.54, 1.807) is 6.92 Å². The SMILES string of the molecule is CC(NC(=O)C1=NN(C)C(=O)CC1)c1ncc(C(=O)O)s1. The Balaban J connectivity index is 2.03. The first-order valence-corrected chi connectivity index (χ1v) is 7.04. The molecule has 0 saturated heterocycles. The highest BCUT2D eigenvalue weighted by molar-refractivity contribution is 7.13.